The molecule has 8 heteroatoms. The maximum Gasteiger partial charge on any atom is 0.412 e. The molecule has 0 aromatic rings. The summed E-state index contributed by atoms with van der Waals surface area (Å²) in [7, 11) is -4.40. The van der Waals surface area contributed by atoms with E-state index in [-0.39, 0.29) is 6.61 Å². The van der Waals surface area contributed by atoms with Crippen molar-refractivity contribution < 1.29 is 25.0 Å². The Morgan fingerprint density at radius 1 is 0.900 bits per heavy atom. The molecule has 0 rings (SSSR count). The van der Waals surface area contributed by atoms with Gasteiger partial charge in [0.2, 0.25) is 0 Å². The van der Waals surface area contributed by atoms with Crippen LogP contribution < -0.4 is 0 Å². The molecule has 0 aromatic carbocycles. The van der Waals surface area contributed by atoms with Gasteiger partial charge in [-0.15, -0.1) is 0 Å². The molecule has 0 aliphatic carbocycles. The van der Waals surface area contributed by atoms with Crippen LogP contribution in [0.1, 0.15) is 71.1 Å². The predicted molar refractivity (Wildman–Crippen MR) is 76.7 cm³/mol. The molecule has 0 aliphatic rings. The molecule has 0 aromatic heterocycles. The van der Waals surface area contributed by atoms with Crippen molar-refractivity contribution in [1.29, 1.82) is 0 Å². The average molecular weight is 329 g/mol. The van der Waals surface area contributed by atoms with Gasteiger partial charge in [-0.25, -0.2) is 8.39 Å². The molecule has 0 spiro atoms. The lowest BCUT2D eigenvalue weighted by atomic mass is 10.1. The van der Waals surface area contributed by atoms with Crippen LogP contribution in [0.4, 0.5) is 0 Å². The van der Waals surface area contributed by atoms with Gasteiger partial charge in [-0.3, -0.25) is 0 Å². The monoisotopic (exact) mass is 329 g/mol. The first kappa shape index (κ1) is 20.0. The van der Waals surface area contributed by atoms with Crippen LogP contribution in [-0.2, 0) is 29.6 Å². The van der Waals surface area contributed by atoms with Crippen LogP contribution in [-0.4, -0.2) is 23.8 Å². The normalized spacial score (nSPS) is 13.5. The topological polar surface area (TPSA) is 92.7 Å². The van der Waals surface area contributed by atoms with E-state index in [0.717, 1.165) is 19.3 Å². The molecule has 0 radical (unpaired) electrons. The SMILES string of the molecule is CCCCCCCCCCCCOS(=O)(=O)OS(=O)[O-]. The van der Waals surface area contributed by atoms with Gasteiger partial charge in [0.1, 0.15) is 11.4 Å². The predicted octanol–water partition coefficient (Wildman–Crippen LogP) is 2.98. The Labute approximate surface area is 125 Å². The van der Waals surface area contributed by atoms with Gasteiger partial charge in [-0.1, -0.05) is 64.7 Å². The summed E-state index contributed by atoms with van der Waals surface area (Å²) in [5.74, 6) is 0. The third-order valence-corrected chi connectivity index (χ3v) is 4.43. The fraction of sp³-hybridized carbons (Fsp3) is 1.00. The summed E-state index contributed by atoms with van der Waals surface area (Å²) in [4.78, 5) is 0. The molecule has 1 unspecified atom stereocenters. The van der Waals surface area contributed by atoms with Crippen LogP contribution in [0.5, 0.6) is 0 Å². The second-order valence-corrected chi connectivity index (χ2v) is 6.69. The first-order valence-electron chi connectivity index (χ1n) is 7.16. The van der Waals surface area contributed by atoms with E-state index in [4.69, 9.17) is 0 Å². The Hall–Kier alpha value is -0.0200. The van der Waals surface area contributed by atoms with E-state index in [9.17, 15) is 17.2 Å². The molecule has 0 amide bonds. The Kier molecular flexibility index (Phi) is 12.7. The van der Waals surface area contributed by atoms with Crippen LogP contribution in [0.2, 0.25) is 0 Å². The number of hydrogen-bond donors (Lipinski definition) is 0. The van der Waals surface area contributed by atoms with Gasteiger partial charge in [-0.05, 0) is 6.42 Å². The minimum atomic E-state index is -4.40. The quantitative estimate of drug-likeness (QED) is 0.359. The second kappa shape index (κ2) is 12.7. The second-order valence-electron chi connectivity index (χ2n) is 4.68. The van der Waals surface area contributed by atoms with Gasteiger partial charge in [0.25, 0.3) is 0 Å². The summed E-state index contributed by atoms with van der Waals surface area (Å²) in [6.07, 6.45) is 11.2. The highest BCUT2D eigenvalue weighted by atomic mass is 32.3. The largest absolute Gasteiger partial charge is 0.749 e. The van der Waals surface area contributed by atoms with Crippen molar-refractivity contribution in [2.24, 2.45) is 0 Å². The van der Waals surface area contributed by atoms with E-state index < -0.39 is 21.8 Å². The van der Waals surface area contributed by atoms with Crippen LogP contribution in [0.3, 0.4) is 0 Å². The first-order chi connectivity index (χ1) is 9.48. The lowest BCUT2D eigenvalue weighted by Gasteiger charge is -2.06. The van der Waals surface area contributed by atoms with E-state index in [1.54, 1.807) is 0 Å². The maximum atomic E-state index is 10.9. The molecule has 0 aliphatic heterocycles. The van der Waals surface area contributed by atoms with Crippen molar-refractivity contribution in [2.75, 3.05) is 6.61 Å². The summed E-state index contributed by atoms with van der Waals surface area (Å²) < 4.78 is 49.8. The zero-order valence-corrected chi connectivity index (χ0v) is 13.7. The smallest absolute Gasteiger partial charge is 0.412 e. The summed E-state index contributed by atoms with van der Waals surface area (Å²) in [6, 6.07) is 0. The number of hydrogen-bond acceptors (Lipinski definition) is 6. The number of unbranched alkanes of at least 4 members (excludes halogenated alkanes) is 9. The van der Waals surface area contributed by atoms with Crippen molar-refractivity contribution in [2.45, 2.75) is 71.1 Å². The van der Waals surface area contributed by atoms with E-state index in [0.29, 0.717) is 6.42 Å². The maximum absolute atomic E-state index is 10.9. The molecule has 0 heterocycles. The van der Waals surface area contributed by atoms with Crippen molar-refractivity contribution in [3.05, 3.63) is 0 Å². The lowest BCUT2D eigenvalue weighted by molar-refractivity contribution is 0.264. The van der Waals surface area contributed by atoms with E-state index in [1.807, 2.05) is 0 Å². The van der Waals surface area contributed by atoms with Crippen molar-refractivity contribution in [1.82, 2.24) is 0 Å². The standard InChI is InChI=1S/C12H26O6S2/c1-2-3-4-5-6-7-8-9-10-11-12-17-20(15,16)18-19(13)14/h2-12H2,1H3,(H,13,14)/p-1. The molecule has 0 saturated carbocycles. The average Bonchev–Trinajstić information content (AvgIpc) is 2.34. The Morgan fingerprint density at radius 2 is 1.35 bits per heavy atom. The van der Waals surface area contributed by atoms with Gasteiger partial charge >= 0.3 is 10.4 Å². The molecule has 6 nitrogen and oxygen atoms in total. The zero-order valence-electron chi connectivity index (χ0n) is 12.0. The molecule has 1 atom stereocenters. The van der Waals surface area contributed by atoms with Gasteiger partial charge in [-0.2, -0.15) is 12.0 Å². The van der Waals surface area contributed by atoms with Crippen molar-refractivity contribution in [3.8, 4) is 0 Å². The summed E-state index contributed by atoms with van der Waals surface area (Å²) in [5.41, 5.74) is 0. The van der Waals surface area contributed by atoms with Crippen molar-refractivity contribution >= 4 is 21.8 Å². The molecule has 0 fully saturated rings. The summed E-state index contributed by atoms with van der Waals surface area (Å²) in [5, 5.41) is 0. The van der Waals surface area contributed by atoms with Gasteiger partial charge in [0.05, 0.1) is 6.61 Å². The van der Waals surface area contributed by atoms with E-state index in [1.165, 1.54) is 38.5 Å². The Bertz CT molecular complexity index is 342. The molecule has 0 bridgehead atoms. The van der Waals surface area contributed by atoms with Crippen LogP contribution in [0, 0.1) is 0 Å². The molecule has 0 N–H and O–H groups in total. The van der Waals surface area contributed by atoms with Gasteiger partial charge in [0, 0.05) is 0 Å². The minimum absolute atomic E-state index is 0.0456. The number of rotatable bonds is 14. The Balaban J connectivity index is 3.30. The highest BCUT2D eigenvalue weighted by molar-refractivity contribution is 7.92. The van der Waals surface area contributed by atoms with Crippen molar-refractivity contribution in [3.63, 3.8) is 0 Å². The van der Waals surface area contributed by atoms with Gasteiger partial charge in [0.15, 0.2) is 0 Å². The molecular formula is C12H25O6S2-. The summed E-state index contributed by atoms with van der Waals surface area (Å²) >= 11 is -3.11. The van der Waals surface area contributed by atoms with E-state index >= 15 is 0 Å². The van der Waals surface area contributed by atoms with Gasteiger partial charge < -0.3 is 4.55 Å². The highest BCUT2D eigenvalue weighted by Crippen LogP contribution is 2.11. The highest BCUT2D eigenvalue weighted by Gasteiger charge is 2.11. The molecule has 122 valence electrons. The fourth-order valence-corrected chi connectivity index (χ4v) is 2.86. The Morgan fingerprint density at radius 3 is 1.80 bits per heavy atom. The molecule has 20 heavy (non-hydrogen) atoms. The minimum Gasteiger partial charge on any atom is -0.749 e. The van der Waals surface area contributed by atoms with E-state index in [2.05, 4.69) is 14.7 Å². The molecule has 0 saturated heterocycles. The molecular weight excluding hydrogens is 304 g/mol. The lowest BCUT2D eigenvalue weighted by Crippen LogP contribution is -2.12. The fourth-order valence-electron chi connectivity index (χ4n) is 1.84. The third kappa shape index (κ3) is 14.4. The zero-order chi connectivity index (χ0) is 15.3. The van der Waals surface area contributed by atoms with Crippen LogP contribution in [0.15, 0.2) is 0 Å². The summed E-state index contributed by atoms with van der Waals surface area (Å²) in [6.45, 7) is 2.15. The van der Waals surface area contributed by atoms with Crippen LogP contribution >= 0.6 is 0 Å². The first-order valence-corrected chi connectivity index (χ1v) is 9.50. The van der Waals surface area contributed by atoms with Crippen LogP contribution in [0.25, 0.3) is 0 Å². The third-order valence-electron chi connectivity index (χ3n) is 2.86.